The fourth-order valence-corrected chi connectivity index (χ4v) is 2.59. The van der Waals surface area contributed by atoms with Gasteiger partial charge in [-0.3, -0.25) is 4.79 Å². The van der Waals surface area contributed by atoms with Crippen molar-refractivity contribution in [3.05, 3.63) is 11.7 Å². The van der Waals surface area contributed by atoms with E-state index < -0.39 is 48.7 Å². The molecule has 0 saturated heterocycles. The molecule has 0 bridgehead atoms. The molecule has 2 unspecified atom stereocenters. The van der Waals surface area contributed by atoms with Gasteiger partial charge in [0.05, 0.1) is 25.2 Å². The molecule has 0 aliphatic rings. The van der Waals surface area contributed by atoms with Gasteiger partial charge in [-0.05, 0) is 13.3 Å². The normalized spacial score (nSPS) is 14.9. The SMILES string of the molecule is CCCCCCNC(=O)C[C@H](NC(=O)NC(C(=O)O)C(C)O)c1nc([C@@H](N)CO)no1. The second-order valence-corrected chi connectivity index (χ2v) is 7.12. The van der Waals surface area contributed by atoms with Crippen molar-refractivity contribution in [3.63, 3.8) is 0 Å². The number of carbonyl (C=O) groups is 3. The number of nitrogens with two attached hydrogens (primary N) is 1. The van der Waals surface area contributed by atoms with E-state index in [1.807, 2.05) is 0 Å². The number of aliphatic hydroxyl groups is 2. The summed E-state index contributed by atoms with van der Waals surface area (Å²) in [5.41, 5.74) is 5.64. The highest BCUT2D eigenvalue weighted by Gasteiger charge is 2.29. The number of aliphatic hydroxyl groups excluding tert-OH is 2. The summed E-state index contributed by atoms with van der Waals surface area (Å²) in [6.07, 6.45) is 2.29. The van der Waals surface area contributed by atoms with Crippen LogP contribution in [0.2, 0.25) is 0 Å². The van der Waals surface area contributed by atoms with E-state index in [1.165, 1.54) is 6.92 Å². The van der Waals surface area contributed by atoms with E-state index in [2.05, 4.69) is 33.0 Å². The van der Waals surface area contributed by atoms with Crippen molar-refractivity contribution < 1.29 is 34.2 Å². The first-order chi connectivity index (χ1) is 14.7. The molecular weight excluding hydrogens is 412 g/mol. The minimum absolute atomic E-state index is 0.0166. The quantitative estimate of drug-likeness (QED) is 0.180. The van der Waals surface area contributed by atoms with Crippen LogP contribution < -0.4 is 21.7 Å². The summed E-state index contributed by atoms with van der Waals surface area (Å²) < 4.78 is 5.07. The van der Waals surface area contributed by atoms with Crippen LogP contribution in [-0.2, 0) is 9.59 Å². The number of nitrogens with zero attached hydrogens (tertiary/aromatic N) is 2. The van der Waals surface area contributed by atoms with Gasteiger partial charge in [0.25, 0.3) is 0 Å². The van der Waals surface area contributed by atoms with Crippen molar-refractivity contribution in [2.75, 3.05) is 13.2 Å². The number of urea groups is 1. The maximum Gasteiger partial charge on any atom is 0.328 e. The average molecular weight is 444 g/mol. The number of hydrogen-bond acceptors (Lipinski definition) is 9. The number of hydrogen-bond donors (Lipinski definition) is 7. The van der Waals surface area contributed by atoms with Gasteiger partial charge in [0.2, 0.25) is 11.8 Å². The van der Waals surface area contributed by atoms with Gasteiger partial charge in [-0.25, -0.2) is 9.59 Å². The Morgan fingerprint density at radius 2 is 1.90 bits per heavy atom. The van der Waals surface area contributed by atoms with Gasteiger partial charge in [0.15, 0.2) is 11.9 Å². The summed E-state index contributed by atoms with van der Waals surface area (Å²) in [7, 11) is 0. The molecule has 13 heteroatoms. The van der Waals surface area contributed by atoms with E-state index in [0.717, 1.165) is 25.7 Å². The Hall–Kier alpha value is -2.77. The van der Waals surface area contributed by atoms with Gasteiger partial charge in [-0.15, -0.1) is 0 Å². The van der Waals surface area contributed by atoms with Crippen LogP contribution in [0.15, 0.2) is 4.52 Å². The molecule has 8 N–H and O–H groups in total. The lowest BCUT2D eigenvalue weighted by Crippen LogP contribution is -2.52. The van der Waals surface area contributed by atoms with Gasteiger partial charge < -0.3 is 41.5 Å². The first-order valence-electron chi connectivity index (χ1n) is 10.1. The number of carboxylic acids is 1. The number of rotatable bonds is 14. The predicted octanol–water partition coefficient (Wildman–Crippen LogP) is -0.677. The number of carbonyl (C=O) groups excluding carboxylic acids is 2. The number of aromatic nitrogens is 2. The molecular formula is C18H32N6O7. The van der Waals surface area contributed by atoms with Crippen LogP contribution in [0.3, 0.4) is 0 Å². The summed E-state index contributed by atoms with van der Waals surface area (Å²) in [4.78, 5) is 39.8. The molecule has 1 aromatic rings. The Bertz CT molecular complexity index is 711. The van der Waals surface area contributed by atoms with E-state index in [9.17, 15) is 19.5 Å². The van der Waals surface area contributed by atoms with Crippen LogP contribution in [0.5, 0.6) is 0 Å². The van der Waals surface area contributed by atoms with E-state index >= 15 is 0 Å². The van der Waals surface area contributed by atoms with E-state index in [4.69, 9.17) is 20.5 Å². The second kappa shape index (κ2) is 13.5. The van der Waals surface area contributed by atoms with Crippen molar-refractivity contribution in [1.29, 1.82) is 0 Å². The molecule has 0 fully saturated rings. The molecule has 4 atom stereocenters. The van der Waals surface area contributed by atoms with Crippen molar-refractivity contribution in [2.24, 2.45) is 5.73 Å². The lowest BCUT2D eigenvalue weighted by Gasteiger charge is -2.20. The molecule has 0 aliphatic heterocycles. The zero-order chi connectivity index (χ0) is 23.4. The first-order valence-corrected chi connectivity index (χ1v) is 10.1. The number of amides is 3. The Kier molecular flexibility index (Phi) is 11.5. The Morgan fingerprint density at radius 3 is 2.48 bits per heavy atom. The summed E-state index contributed by atoms with van der Waals surface area (Å²) in [6.45, 7) is 3.31. The highest BCUT2D eigenvalue weighted by Crippen LogP contribution is 2.17. The number of carboxylic acid groups (broad SMARTS) is 1. The van der Waals surface area contributed by atoms with Crippen molar-refractivity contribution in [1.82, 2.24) is 26.1 Å². The van der Waals surface area contributed by atoms with Crippen LogP contribution >= 0.6 is 0 Å². The molecule has 0 aromatic carbocycles. The maximum atomic E-state index is 12.3. The molecule has 1 heterocycles. The van der Waals surface area contributed by atoms with Crippen molar-refractivity contribution in [3.8, 4) is 0 Å². The monoisotopic (exact) mass is 444 g/mol. The maximum absolute atomic E-state index is 12.3. The van der Waals surface area contributed by atoms with Gasteiger partial charge >= 0.3 is 12.0 Å². The summed E-state index contributed by atoms with van der Waals surface area (Å²) >= 11 is 0. The molecule has 1 rings (SSSR count). The van der Waals surface area contributed by atoms with Crippen LogP contribution in [0.1, 0.15) is 69.8 Å². The molecule has 31 heavy (non-hydrogen) atoms. The molecule has 3 amide bonds. The van der Waals surface area contributed by atoms with Gasteiger partial charge in [-0.1, -0.05) is 31.3 Å². The third-order valence-electron chi connectivity index (χ3n) is 4.37. The van der Waals surface area contributed by atoms with Crippen LogP contribution in [0.4, 0.5) is 4.79 Å². The third kappa shape index (κ3) is 9.27. The van der Waals surface area contributed by atoms with Crippen LogP contribution in [-0.4, -0.2) is 68.7 Å². The van der Waals surface area contributed by atoms with Gasteiger partial charge in [-0.2, -0.15) is 4.98 Å². The fourth-order valence-electron chi connectivity index (χ4n) is 2.59. The topological polar surface area (TPSA) is 213 Å². The van der Waals surface area contributed by atoms with Crippen molar-refractivity contribution in [2.45, 2.75) is 70.2 Å². The highest BCUT2D eigenvalue weighted by molar-refractivity contribution is 5.84. The van der Waals surface area contributed by atoms with Crippen LogP contribution in [0.25, 0.3) is 0 Å². The number of aliphatic carboxylic acids is 1. The van der Waals surface area contributed by atoms with Crippen molar-refractivity contribution >= 4 is 17.9 Å². The zero-order valence-corrected chi connectivity index (χ0v) is 17.7. The van der Waals surface area contributed by atoms with E-state index in [-0.39, 0.29) is 18.1 Å². The lowest BCUT2D eigenvalue weighted by atomic mass is 10.1. The lowest BCUT2D eigenvalue weighted by molar-refractivity contribution is -0.141. The van der Waals surface area contributed by atoms with Gasteiger partial charge in [0, 0.05) is 6.54 Å². The Morgan fingerprint density at radius 1 is 1.19 bits per heavy atom. The average Bonchev–Trinajstić information content (AvgIpc) is 3.20. The molecule has 1 aromatic heterocycles. The highest BCUT2D eigenvalue weighted by atomic mass is 16.5. The zero-order valence-electron chi connectivity index (χ0n) is 17.7. The minimum atomic E-state index is -1.56. The first kappa shape index (κ1) is 26.3. The fraction of sp³-hybridized carbons (Fsp3) is 0.722. The van der Waals surface area contributed by atoms with Gasteiger partial charge in [0.1, 0.15) is 6.04 Å². The summed E-state index contributed by atoms with van der Waals surface area (Å²) in [5, 5.41) is 38.6. The summed E-state index contributed by atoms with van der Waals surface area (Å²) in [5.74, 6) is -1.98. The Balaban J connectivity index is 2.85. The predicted molar refractivity (Wildman–Crippen MR) is 108 cm³/mol. The molecule has 0 spiro atoms. The summed E-state index contributed by atoms with van der Waals surface area (Å²) in [6, 6.07) is -4.52. The third-order valence-corrected chi connectivity index (χ3v) is 4.37. The smallest absolute Gasteiger partial charge is 0.328 e. The Labute approximate surface area is 179 Å². The van der Waals surface area contributed by atoms with Crippen LogP contribution in [0, 0.1) is 0 Å². The molecule has 176 valence electrons. The second-order valence-electron chi connectivity index (χ2n) is 7.12. The molecule has 13 nitrogen and oxygen atoms in total. The number of nitrogens with one attached hydrogen (secondary N) is 3. The number of unbranched alkanes of at least 4 members (excludes halogenated alkanes) is 3. The standard InChI is InChI=1S/C18H32N6O7/c1-3-4-5-6-7-20-13(27)8-12(16-23-15(24-31-16)11(19)9-25)21-18(30)22-14(10(2)26)17(28)29/h10-12,14,25-26H,3-9,19H2,1-2H3,(H,20,27)(H,28,29)(H2,21,22,30)/t10?,11-,12-,14?/m0/s1. The largest absolute Gasteiger partial charge is 0.480 e. The van der Waals surface area contributed by atoms with E-state index in [1.54, 1.807) is 0 Å². The molecule has 0 radical (unpaired) electrons. The molecule has 0 aliphatic carbocycles. The minimum Gasteiger partial charge on any atom is -0.480 e. The molecule has 0 saturated carbocycles. The van der Waals surface area contributed by atoms with E-state index in [0.29, 0.717) is 6.54 Å².